The molecule has 0 saturated carbocycles. The molecule has 0 bridgehead atoms. The summed E-state index contributed by atoms with van der Waals surface area (Å²) in [7, 11) is 1.67. The van der Waals surface area contributed by atoms with Gasteiger partial charge in [-0.2, -0.15) is 0 Å². The number of ketones is 1. The van der Waals surface area contributed by atoms with Crippen LogP contribution in [-0.4, -0.2) is 31.4 Å². The number of carbonyl (C=O) groups excluding carboxylic acids is 3. The molecule has 0 aliphatic carbocycles. The van der Waals surface area contributed by atoms with Crippen molar-refractivity contribution in [2.45, 2.75) is 59.3 Å². The molecule has 3 aromatic carbocycles. The second-order valence-electron chi connectivity index (χ2n) is 11.7. The van der Waals surface area contributed by atoms with Crippen LogP contribution in [-0.2, 0) is 15.6 Å². The first-order valence-electron chi connectivity index (χ1n) is 13.4. The predicted molar refractivity (Wildman–Crippen MR) is 161 cm³/mol. The van der Waals surface area contributed by atoms with Crippen LogP contribution in [0.15, 0.2) is 66.7 Å². The van der Waals surface area contributed by atoms with Gasteiger partial charge in [0.1, 0.15) is 5.75 Å². The van der Waals surface area contributed by atoms with Crippen molar-refractivity contribution in [3.63, 3.8) is 0 Å². The zero-order chi connectivity index (χ0) is 29.7. The number of methoxy groups -OCH3 is 1. The van der Waals surface area contributed by atoms with Gasteiger partial charge in [-0.3, -0.25) is 9.59 Å². The van der Waals surface area contributed by atoms with E-state index in [0.29, 0.717) is 29.0 Å². The maximum Gasteiger partial charge on any atom is 0.338 e. The van der Waals surface area contributed by atoms with Crippen LogP contribution in [0.2, 0.25) is 0 Å². The molecule has 0 saturated heterocycles. The largest absolute Gasteiger partial charge is 0.496 e. The number of ether oxygens (including phenoxy) is 2. The molecule has 0 unspecified atom stereocenters. The fourth-order valence-electron chi connectivity index (χ4n) is 4.23. The first-order valence-corrected chi connectivity index (χ1v) is 13.4. The molecule has 0 atom stereocenters. The molecule has 0 spiro atoms. The number of carbonyl (C=O) groups is 3. The Morgan fingerprint density at radius 1 is 0.775 bits per heavy atom. The lowest BCUT2D eigenvalue weighted by Gasteiger charge is -2.29. The smallest absolute Gasteiger partial charge is 0.338 e. The van der Waals surface area contributed by atoms with Gasteiger partial charge in [0.25, 0.3) is 5.91 Å². The molecule has 6 nitrogen and oxygen atoms in total. The van der Waals surface area contributed by atoms with Gasteiger partial charge in [0.2, 0.25) is 0 Å². The number of allylic oxidation sites excluding steroid dienone is 1. The van der Waals surface area contributed by atoms with E-state index in [1.54, 1.807) is 74.7 Å². The molecule has 0 heterocycles. The fraction of sp³-hybridized carbons (Fsp3) is 0.324. The number of hydrogen-bond acceptors (Lipinski definition) is 5. The van der Waals surface area contributed by atoms with Crippen LogP contribution in [0, 0.1) is 0 Å². The number of anilines is 1. The van der Waals surface area contributed by atoms with Gasteiger partial charge in [-0.25, -0.2) is 4.79 Å². The quantitative estimate of drug-likeness (QED) is 0.180. The summed E-state index contributed by atoms with van der Waals surface area (Å²) >= 11 is 0. The second-order valence-corrected chi connectivity index (χ2v) is 11.7. The zero-order valence-corrected chi connectivity index (χ0v) is 24.7. The first-order chi connectivity index (χ1) is 18.7. The van der Waals surface area contributed by atoms with E-state index in [4.69, 9.17) is 9.47 Å². The maximum absolute atomic E-state index is 13.2. The highest BCUT2D eigenvalue weighted by atomic mass is 16.5. The summed E-state index contributed by atoms with van der Waals surface area (Å²) in [6.45, 7) is 14.7. The molecule has 0 radical (unpaired) electrons. The van der Waals surface area contributed by atoms with E-state index >= 15 is 0 Å². The summed E-state index contributed by atoms with van der Waals surface area (Å²) in [5, 5.41) is 2.82. The Balaban J connectivity index is 1.75. The van der Waals surface area contributed by atoms with E-state index < -0.39 is 5.97 Å². The second kappa shape index (κ2) is 12.3. The van der Waals surface area contributed by atoms with Crippen molar-refractivity contribution in [1.29, 1.82) is 0 Å². The Morgan fingerprint density at radius 3 is 1.77 bits per heavy atom. The standard InChI is InChI=1S/C34H39NO5/c1-9-40-32(38)24-15-17-26(18-16-24)35-31(37)23-13-10-22(11-14-23)12-19-29(36)25-20-27(33(2,3)4)30(39-8)28(21-25)34(5,6)7/h10-21H,9H2,1-8H3,(H,35,37). The lowest BCUT2D eigenvalue weighted by atomic mass is 9.78. The van der Waals surface area contributed by atoms with Gasteiger partial charge < -0.3 is 14.8 Å². The van der Waals surface area contributed by atoms with E-state index in [9.17, 15) is 14.4 Å². The molecule has 3 aromatic rings. The van der Waals surface area contributed by atoms with Crippen LogP contribution in [0.4, 0.5) is 5.69 Å². The average Bonchev–Trinajstić information content (AvgIpc) is 2.90. The molecule has 1 N–H and O–H groups in total. The maximum atomic E-state index is 13.2. The van der Waals surface area contributed by atoms with Crippen molar-refractivity contribution in [2.75, 3.05) is 19.0 Å². The van der Waals surface area contributed by atoms with Crippen LogP contribution < -0.4 is 10.1 Å². The monoisotopic (exact) mass is 541 g/mol. The van der Waals surface area contributed by atoms with Gasteiger partial charge in [-0.1, -0.05) is 59.8 Å². The molecule has 6 heteroatoms. The number of rotatable bonds is 8. The van der Waals surface area contributed by atoms with Crippen molar-refractivity contribution >= 4 is 29.4 Å². The lowest BCUT2D eigenvalue weighted by Crippen LogP contribution is -2.20. The van der Waals surface area contributed by atoms with Crippen LogP contribution in [0.5, 0.6) is 5.75 Å². The Hall–Kier alpha value is -4.19. The van der Waals surface area contributed by atoms with Gasteiger partial charge in [0.05, 0.1) is 19.3 Å². The Bertz CT molecular complexity index is 1370. The molecule has 0 aliphatic heterocycles. The third-order valence-corrected chi connectivity index (χ3v) is 6.45. The van der Waals surface area contributed by atoms with E-state index in [-0.39, 0.29) is 22.5 Å². The topological polar surface area (TPSA) is 81.7 Å². The third-order valence-electron chi connectivity index (χ3n) is 6.45. The summed E-state index contributed by atoms with van der Waals surface area (Å²) < 4.78 is 10.8. The van der Waals surface area contributed by atoms with Crippen molar-refractivity contribution in [1.82, 2.24) is 0 Å². The number of benzene rings is 3. The van der Waals surface area contributed by atoms with Crippen molar-refractivity contribution in [2.24, 2.45) is 0 Å². The lowest BCUT2D eigenvalue weighted by molar-refractivity contribution is 0.0526. The van der Waals surface area contributed by atoms with E-state index in [2.05, 4.69) is 46.9 Å². The minimum atomic E-state index is -0.404. The van der Waals surface area contributed by atoms with Crippen LogP contribution >= 0.6 is 0 Å². The summed E-state index contributed by atoms with van der Waals surface area (Å²) in [5.74, 6) is 0.0352. The van der Waals surface area contributed by atoms with Gasteiger partial charge in [-0.15, -0.1) is 0 Å². The van der Waals surface area contributed by atoms with E-state index in [1.165, 1.54) is 0 Å². The van der Waals surface area contributed by atoms with E-state index in [0.717, 1.165) is 22.4 Å². The molecule has 210 valence electrons. The average molecular weight is 542 g/mol. The van der Waals surface area contributed by atoms with Gasteiger partial charge in [0, 0.05) is 27.9 Å². The molecular weight excluding hydrogens is 502 g/mol. The van der Waals surface area contributed by atoms with Crippen molar-refractivity contribution in [3.8, 4) is 5.75 Å². The minimum absolute atomic E-state index is 0.105. The molecule has 3 rings (SSSR count). The number of amides is 1. The number of esters is 1. The summed E-state index contributed by atoms with van der Waals surface area (Å²) in [5.41, 5.74) is 4.44. The highest BCUT2D eigenvalue weighted by Crippen LogP contribution is 2.40. The third kappa shape index (κ3) is 7.47. The van der Waals surface area contributed by atoms with Gasteiger partial charge in [0.15, 0.2) is 5.78 Å². The first kappa shape index (κ1) is 30.4. The molecule has 0 aliphatic rings. The van der Waals surface area contributed by atoms with Crippen LogP contribution in [0.1, 0.15) is 96.2 Å². The van der Waals surface area contributed by atoms with E-state index in [1.807, 2.05) is 12.1 Å². The summed E-state index contributed by atoms with van der Waals surface area (Å²) in [4.78, 5) is 37.7. The van der Waals surface area contributed by atoms with Crippen molar-refractivity contribution < 1.29 is 23.9 Å². The Kier molecular flexibility index (Phi) is 9.36. The predicted octanol–water partition coefficient (Wildman–Crippen LogP) is 7.62. The number of nitrogens with one attached hydrogen (secondary N) is 1. The molecular formula is C34H39NO5. The molecule has 0 aromatic heterocycles. The van der Waals surface area contributed by atoms with Crippen LogP contribution in [0.3, 0.4) is 0 Å². The molecule has 0 fully saturated rings. The van der Waals surface area contributed by atoms with Gasteiger partial charge >= 0.3 is 5.97 Å². The highest BCUT2D eigenvalue weighted by molar-refractivity contribution is 6.07. The fourth-order valence-corrected chi connectivity index (χ4v) is 4.23. The SMILES string of the molecule is CCOC(=O)c1ccc(NC(=O)c2ccc(C=CC(=O)c3cc(C(C)(C)C)c(OC)c(C(C)(C)C)c3)cc2)cc1. The normalized spacial score (nSPS) is 11.8. The Morgan fingerprint density at radius 2 is 1.30 bits per heavy atom. The molecule has 1 amide bonds. The van der Waals surface area contributed by atoms with Crippen LogP contribution in [0.25, 0.3) is 6.08 Å². The Labute approximate surface area is 237 Å². The highest BCUT2D eigenvalue weighted by Gasteiger charge is 2.28. The number of hydrogen-bond donors (Lipinski definition) is 1. The molecule has 40 heavy (non-hydrogen) atoms. The summed E-state index contributed by atoms with van der Waals surface area (Å²) in [6.07, 6.45) is 3.30. The van der Waals surface area contributed by atoms with Crippen molar-refractivity contribution in [3.05, 3.63) is 100 Å². The van der Waals surface area contributed by atoms with Gasteiger partial charge in [-0.05, 0) is 77.9 Å². The summed E-state index contributed by atoms with van der Waals surface area (Å²) in [6, 6.07) is 17.4. The zero-order valence-electron chi connectivity index (χ0n) is 24.7. The minimum Gasteiger partial charge on any atom is -0.496 e.